The zero-order chi connectivity index (χ0) is 20.6. The van der Waals surface area contributed by atoms with Gasteiger partial charge in [-0.25, -0.2) is 0 Å². The number of anilines is 1. The minimum Gasteiger partial charge on any atom is -0.342 e. The van der Waals surface area contributed by atoms with Crippen LogP contribution in [0, 0.1) is 5.92 Å². The minimum atomic E-state index is 0.117. The van der Waals surface area contributed by atoms with Gasteiger partial charge in [0.2, 0.25) is 11.8 Å². The summed E-state index contributed by atoms with van der Waals surface area (Å²) in [5, 5.41) is 0. The highest BCUT2D eigenvalue weighted by Crippen LogP contribution is 2.47. The Kier molecular flexibility index (Phi) is 5.69. The third-order valence-electron chi connectivity index (χ3n) is 7.69. The molecule has 3 heterocycles. The lowest BCUT2D eigenvalue weighted by atomic mass is 9.74. The van der Waals surface area contributed by atoms with Crippen molar-refractivity contribution in [3.05, 3.63) is 29.8 Å². The van der Waals surface area contributed by atoms with Crippen molar-refractivity contribution >= 4 is 17.5 Å². The van der Waals surface area contributed by atoms with Gasteiger partial charge in [-0.15, -0.1) is 0 Å². The van der Waals surface area contributed by atoms with E-state index in [-0.39, 0.29) is 17.2 Å². The van der Waals surface area contributed by atoms with Gasteiger partial charge in [0, 0.05) is 49.6 Å². The van der Waals surface area contributed by atoms with Gasteiger partial charge in [-0.3, -0.25) is 9.59 Å². The first-order chi connectivity index (χ1) is 13.9. The number of likely N-dealkylation sites (tertiary alicyclic amines) is 2. The Bertz CT molecular complexity index is 761. The minimum absolute atomic E-state index is 0.117. The monoisotopic (exact) mass is 397 g/mol. The van der Waals surface area contributed by atoms with E-state index in [1.54, 1.807) is 6.92 Å². The molecule has 1 atom stereocenters. The van der Waals surface area contributed by atoms with Crippen molar-refractivity contribution < 1.29 is 9.59 Å². The second-order valence-corrected chi connectivity index (χ2v) is 9.30. The van der Waals surface area contributed by atoms with Gasteiger partial charge in [0.15, 0.2) is 0 Å². The fraction of sp³-hybridized carbons (Fsp3) is 0.667. The average Bonchev–Trinajstić information content (AvgIpc) is 3.08. The molecule has 0 radical (unpaired) electrons. The highest BCUT2D eigenvalue weighted by Gasteiger charge is 2.46. The fourth-order valence-corrected chi connectivity index (χ4v) is 5.59. The van der Waals surface area contributed by atoms with E-state index in [1.165, 1.54) is 5.56 Å². The molecule has 0 bridgehead atoms. The Morgan fingerprint density at radius 1 is 1.10 bits per heavy atom. The molecule has 0 aliphatic carbocycles. The maximum absolute atomic E-state index is 12.5. The summed E-state index contributed by atoms with van der Waals surface area (Å²) in [7, 11) is 0. The van der Waals surface area contributed by atoms with Crippen molar-refractivity contribution in [3.8, 4) is 0 Å². The summed E-state index contributed by atoms with van der Waals surface area (Å²) in [6.07, 6.45) is 5.32. The molecule has 2 amide bonds. The van der Waals surface area contributed by atoms with Crippen molar-refractivity contribution in [2.24, 2.45) is 5.92 Å². The van der Waals surface area contributed by atoms with Crippen LogP contribution >= 0.6 is 0 Å². The van der Waals surface area contributed by atoms with Gasteiger partial charge in [0.1, 0.15) is 0 Å². The topological polar surface area (TPSA) is 43.9 Å². The Morgan fingerprint density at radius 3 is 2.38 bits per heavy atom. The summed E-state index contributed by atoms with van der Waals surface area (Å²) < 4.78 is 0. The van der Waals surface area contributed by atoms with E-state index in [4.69, 9.17) is 0 Å². The largest absolute Gasteiger partial charge is 0.342 e. The van der Waals surface area contributed by atoms with E-state index >= 15 is 0 Å². The van der Waals surface area contributed by atoms with E-state index < -0.39 is 0 Å². The summed E-state index contributed by atoms with van der Waals surface area (Å²) in [6.45, 7) is 10.6. The standard InChI is InChI=1S/C24H35N3O2/c1-4-18(2)23(29)26-13-9-20(10-14-26)25-15-11-24(12-16-25)17-27(19(3)28)22-8-6-5-7-21(22)24/h5-8,18,20H,4,9-17H2,1-3H3. The van der Waals surface area contributed by atoms with E-state index in [0.29, 0.717) is 11.9 Å². The third-order valence-corrected chi connectivity index (χ3v) is 7.69. The van der Waals surface area contributed by atoms with E-state index in [2.05, 4.69) is 34.9 Å². The van der Waals surface area contributed by atoms with Crippen LogP contribution in [0.3, 0.4) is 0 Å². The van der Waals surface area contributed by atoms with Crippen molar-refractivity contribution in [3.63, 3.8) is 0 Å². The zero-order valence-corrected chi connectivity index (χ0v) is 18.2. The van der Waals surface area contributed by atoms with Gasteiger partial charge in [-0.2, -0.15) is 0 Å². The Balaban J connectivity index is 1.37. The maximum Gasteiger partial charge on any atom is 0.225 e. The average molecular weight is 398 g/mol. The number of carbonyl (C=O) groups is 2. The van der Waals surface area contributed by atoms with Crippen molar-refractivity contribution in [2.45, 2.75) is 64.3 Å². The summed E-state index contributed by atoms with van der Waals surface area (Å²) in [4.78, 5) is 31.4. The molecule has 29 heavy (non-hydrogen) atoms. The molecule has 1 aromatic rings. The maximum atomic E-state index is 12.5. The Hall–Kier alpha value is -1.88. The number of amides is 2. The molecular formula is C24H35N3O2. The van der Waals surface area contributed by atoms with Crippen LogP contribution in [-0.2, 0) is 15.0 Å². The van der Waals surface area contributed by atoms with Gasteiger partial charge in [0.25, 0.3) is 0 Å². The molecule has 4 rings (SSSR count). The number of fused-ring (bicyclic) bond motifs is 2. The van der Waals surface area contributed by atoms with Crippen LogP contribution in [0.4, 0.5) is 5.69 Å². The van der Waals surface area contributed by atoms with Crippen molar-refractivity contribution in [1.82, 2.24) is 9.80 Å². The molecule has 5 heteroatoms. The normalized spacial score (nSPS) is 23.3. The van der Waals surface area contributed by atoms with E-state index in [9.17, 15) is 9.59 Å². The third kappa shape index (κ3) is 3.70. The quantitative estimate of drug-likeness (QED) is 0.785. The number of hydrogen-bond donors (Lipinski definition) is 0. The second-order valence-electron chi connectivity index (χ2n) is 9.30. The predicted molar refractivity (Wildman–Crippen MR) is 116 cm³/mol. The molecule has 3 aliphatic heterocycles. The van der Waals surface area contributed by atoms with Crippen molar-refractivity contribution in [1.29, 1.82) is 0 Å². The lowest BCUT2D eigenvalue weighted by Crippen LogP contribution is -2.52. The number of nitrogens with zero attached hydrogens (tertiary/aromatic N) is 3. The lowest BCUT2D eigenvalue weighted by Gasteiger charge is -2.45. The van der Waals surface area contributed by atoms with Crippen LogP contribution < -0.4 is 4.90 Å². The molecular weight excluding hydrogens is 362 g/mol. The summed E-state index contributed by atoms with van der Waals surface area (Å²) in [5.41, 5.74) is 2.60. The molecule has 158 valence electrons. The van der Waals surface area contributed by atoms with Gasteiger partial charge in [-0.05, 0) is 56.8 Å². The molecule has 1 unspecified atom stereocenters. The number of rotatable bonds is 3. The van der Waals surface area contributed by atoms with Gasteiger partial charge < -0.3 is 14.7 Å². The number of piperidine rings is 2. The first-order valence-corrected chi connectivity index (χ1v) is 11.4. The van der Waals surface area contributed by atoms with Crippen LogP contribution in [0.15, 0.2) is 24.3 Å². The predicted octanol–water partition coefficient (Wildman–Crippen LogP) is 3.42. The molecule has 1 spiro atoms. The van der Waals surface area contributed by atoms with Crippen LogP contribution in [0.2, 0.25) is 0 Å². The molecule has 0 saturated carbocycles. The second kappa shape index (κ2) is 8.10. The Morgan fingerprint density at radius 2 is 1.76 bits per heavy atom. The van der Waals surface area contributed by atoms with Crippen LogP contribution in [-0.4, -0.2) is 60.4 Å². The van der Waals surface area contributed by atoms with Crippen LogP contribution in [0.5, 0.6) is 0 Å². The van der Waals surface area contributed by atoms with Crippen LogP contribution in [0.25, 0.3) is 0 Å². The van der Waals surface area contributed by atoms with E-state index in [1.807, 2.05) is 17.9 Å². The van der Waals surface area contributed by atoms with Crippen LogP contribution in [0.1, 0.15) is 58.4 Å². The first-order valence-electron chi connectivity index (χ1n) is 11.4. The highest BCUT2D eigenvalue weighted by atomic mass is 16.2. The fourth-order valence-electron chi connectivity index (χ4n) is 5.59. The molecule has 0 aromatic heterocycles. The number of para-hydroxylation sites is 1. The Labute approximate surface area is 175 Å². The molecule has 3 aliphatic rings. The smallest absolute Gasteiger partial charge is 0.225 e. The molecule has 1 aromatic carbocycles. The summed E-state index contributed by atoms with van der Waals surface area (Å²) in [5.74, 6) is 0.624. The number of hydrogen-bond acceptors (Lipinski definition) is 3. The molecule has 2 saturated heterocycles. The summed E-state index contributed by atoms with van der Waals surface area (Å²) >= 11 is 0. The lowest BCUT2D eigenvalue weighted by molar-refractivity contribution is -0.136. The molecule has 0 N–H and O–H groups in total. The zero-order valence-electron chi connectivity index (χ0n) is 18.2. The van der Waals surface area contributed by atoms with E-state index in [0.717, 1.165) is 70.5 Å². The number of benzene rings is 1. The summed E-state index contributed by atoms with van der Waals surface area (Å²) in [6, 6.07) is 9.07. The molecule has 2 fully saturated rings. The van der Waals surface area contributed by atoms with Crippen molar-refractivity contribution in [2.75, 3.05) is 37.6 Å². The van der Waals surface area contributed by atoms with Gasteiger partial charge in [-0.1, -0.05) is 32.0 Å². The molecule has 5 nitrogen and oxygen atoms in total. The van der Waals surface area contributed by atoms with Gasteiger partial charge in [0.05, 0.1) is 0 Å². The van der Waals surface area contributed by atoms with Gasteiger partial charge >= 0.3 is 0 Å². The first kappa shape index (κ1) is 20.4. The SMILES string of the molecule is CCC(C)C(=O)N1CCC(N2CCC3(CC2)CN(C(C)=O)c2ccccc23)CC1. The highest BCUT2D eigenvalue weighted by molar-refractivity contribution is 5.94. The number of carbonyl (C=O) groups excluding carboxylic acids is 2.